The molecule has 0 radical (unpaired) electrons. The maximum atomic E-state index is 12.4. The first-order valence-electron chi connectivity index (χ1n) is 11.4. The van der Waals surface area contributed by atoms with E-state index in [1.54, 1.807) is 37.3 Å². The highest BCUT2D eigenvalue weighted by molar-refractivity contribution is 5.97. The van der Waals surface area contributed by atoms with E-state index in [2.05, 4.69) is 35.5 Å². The summed E-state index contributed by atoms with van der Waals surface area (Å²) < 4.78 is 5.22. The van der Waals surface area contributed by atoms with E-state index in [4.69, 9.17) is 9.40 Å². The molecular formula is C26H22N8O2. The van der Waals surface area contributed by atoms with E-state index in [-0.39, 0.29) is 5.91 Å². The fraction of sp³-hybridized carbons (Fsp3) is 0.154. The minimum Gasteiger partial charge on any atom is -0.472 e. The zero-order valence-corrected chi connectivity index (χ0v) is 19.8. The summed E-state index contributed by atoms with van der Waals surface area (Å²) in [6, 6.07) is 7.58. The summed E-state index contributed by atoms with van der Waals surface area (Å²) in [5, 5.41) is 11.2. The number of hydrogen-bond donors (Lipinski definition) is 3. The Hall–Kier alpha value is -4.86. The molecule has 0 saturated heterocycles. The Kier molecular flexibility index (Phi) is 4.89. The number of carbonyl (C=O) groups excluding carboxylic acids is 1. The molecule has 6 aromatic heterocycles. The Morgan fingerprint density at radius 1 is 1.00 bits per heavy atom. The SMILES string of the molecule is CC(C)(C)C(=O)Nc1cncc(-c2cnc3[nH]nc(-c4nc5c(-c6ccoc6)nccc5[nH]4)c3c2)c1. The number of nitrogens with one attached hydrogen (secondary N) is 3. The third kappa shape index (κ3) is 3.78. The molecule has 0 aliphatic rings. The molecule has 178 valence electrons. The molecule has 0 aliphatic carbocycles. The number of anilines is 1. The van der Waals surface area contributed by atoms with Gasteiger partial charge in [0.15, 0.2) is 11.5 Å². The van der Waals surface area contributed by atoms with Gasteiger partial charge < -0.3 is 14.7 Å². The van der Waals surface area contributed by atoms with E-state index >= 15 is 0 Å². The molecule has 0 unspecified atom stereocenters. The molecule has 6 rings (SSSR count). The van der Waals surface area contributed by atoms with Gasteiger partial charge in [0.1, 0.15) is 16.9 Å². The summed E-state index contributed by atoms with van der Waals surface area (Å²) >= 11 is 0. The molecular weight excluding hydrogens is 456 g/mol. The molecule has 10 heteroatoms. The third-order valence-electron chi connectivity index (χ3n) is 5.85. The van der Waals surface area contributed by atoms with Crippen LogP contribution in [0.4, 0.5) is 5.69 Å². The van der Waals surface area contributed by atoms with Crippen LogP contribution in [0.25, 0.3) is 56.0 Å². The minimum atomic E-state index is -0.512. The number of rotatable bonds is 4. The lowest BCUT2D eigenvalue weighted by molar-refractivity contribution is -0.123. The Balaban J connectivity index is 1.40. The molecule has 0 aliphatic heterocycles. The second-order valence-electron chi connectivity index (χ2n) is 9.51. The van der Waals surface area contributed by atoms with Crippen LogP contribution in [0.15, 0.2) is 66.0 Å². The first kappa shape index (κ1) is 21.7. The van der Waals surface area contributed by atoms with Crippen LogP contribution in [0, 0.1) is 5.41 Å². The van der Waals surface area contributed by atoms with Crippen LogP contribution >= 0.6 is 0 Å². The van der Waals surface area contributed by atoms with Gasteiger partial charge in [-0.15, -0.1) is 0 Å². The number of furan rings is 1. The molecule has 6 heterocycles. The number of hydrogen-bond acceptors (Lipinski definition) is 7. The molecule has 1 amide bonds. The predicted octanol–water partition coefficient (Wildman–Crippen LogP) is 5.20. The average molecular weight is 479 g/mol. The highest BCUT2D eigenvalue weighted by atomic mass is 16.3. The van der Waals surface area contributed by atoms with Crippen LogP contribution in [-0.4, -0.2) is 41.0 Å². The second kappa shape index (κ2) is 8.12. The normalized spacial score (nSPS) is 11.9. The van der Waals surface area contributed by atoms with Crippen LogP contribution in [-0.2, 0) is 4.79 Å². The molecule has 0 spiro atoms. The minimum absolute atomic E-state index is 0.0821. The maximum Gasteiger partial charge on any atom is 0.229 e. The van der Waals surface area contributed by atoms with Crippen molar-refractivity contribution >= 4 is 33.7 Å². The largest absolute Gasteiger partial charge is 0.472 e. The lowest BCUT2D eigenvalue weighted by atomic mass is 9.95. The number of pyridine rings is 3. The van der Waals surface area contributed by atoms with Crippen molar-refractivity contribution in [2.45, 2.75) is 20.8 Å². The third-order valence-corrected chi connectivity index (χ3v) is 5.85. The molecule has 3 N–H and O–H groups in total. The van der Waals surface area contributed by atoms with E-state index in [1.807, 2.05) is 45.0 Å². The van der Waals surface area contributed by atoms with E-state index in [9.17, 15) is 4.79 Å². The van der Waals surface area contributed by atoms with Crippen molar-refractivity contribution in [2.24, 2.45) is 5.41 Å². The van der Waals surface area contributed by atoms with E-state index in [0.717, 1.165) is 38.8 Å². The lowest BCUT2D eigenvalue weighted by Crippen LogP contribution is -2.27. The zero-order valence-electron chi connectivity index (χ0n) is 19.8. The van der Waals surface area contributed by atoms with Gasteiger partial charge in [-0.3, -0.25) is 19.9 Å². The molecule has 0 aromatic carbocycles. The van der Waals surface area contributed by atoms with Crippen molar-refractivity contribution in [1.82, 2.24) is 35.1 Å². The predicted molar refractivity (Wildman–Crippen MR) is 136 cm³/mol. The zero-order chi connectivity index (χ0) is 24.9. The van der Waals surface area contributed by atoms with Crippen LogP contribution < -0.4 is 5.32 Å². The number of nitrogens with zero attached hydrogens (tertiary/aromatic N) is 5. The van der Waals surface area contributed by atoms with Crippen LogP contribution in [0.2, 0.25) is 0 Å². The van der Waals surface area contributed by atoms with Crippen LogP contribution in [0.5, 0.6) is 0 Å². The molecule has 0 atom stereocenters. The summed E-state index contributed by atoms with van der Waals surface area (Å²) in [6.07, 6.45) is 10.1. The van der Waals surface area contributed by atoms with Gasteiger partial charge in [0.25, 0.3) is 0 Å². The number of H-pyrrole nitrogens is 2. The van der Waals surface area contributed by atoms with Crippen molar-refractivity contribution in [1.29, 1.82) is 0 Å². The number of carbonyl (C=O) groups is 1. The summed E-state index contributed by atoms with van der Waals surface area (Å²) in [5.74, 6) is 0.513. The van der Waals surface area contributed by atoms with Gasteiger partial charge in [0.2, 0.25) is 5.91 Å². The Bertz CT molecular complexity index is 1720. The molecule has 0 bridgehead atoms. The Morgan fingerprint density at radius 2 is 1.86 bits per heavy atom. The van der Waals surface area contributed by atoms with Gasteiger partial charge >= 0.3 is 0 Å². The van der Waals surface area contributed by atoms with Gasteiger partial charge in [-0.05, 0) is 24.3 Å². The average Bonchev–Trinajstić information content (AvgIpc) is 3.62. The quantitative estimate of drug-likeness (QED) is 0.316. The Morgan fingerprint density at radius 3 is 2.67 bits per heavy atom. The molecule has 0 saturated carbocycles. The van der Waals surface area contributed by atoms with E-state index in [1.165, 1.54) is 0 Å². The number of aromatic amines is 2. The van der Waals surface area contributed by atoms with Gasteiger partial charge in [0, 0.05) is 40.7 Å². The van der Waals surface area contributed by atoms with Crippen molar-refractivity contribution in [3.63, 3.8) is 0 Å². The summed E-state index contributed by atoms with van der Waals surface area (Å²) in [5.41, 5.74) is 6.16. The standard InChI is InChI=1S/C26H22N8O2/c1-26(2,3)25(35)30-17-8-15(10-27-12-17)16-9-18-21(33-34-23(18)29-11-16)24-31-19-4-6-28-20(22(19)32-24)14-5-7-36-13-14/h4-13H,1-3H3,(H,30,35)(H,31,32)(H,29,33,34). The van der Waals surface area contributed by atoms with Gasteiger partial charge in [-0.25, -0.2) is 9.97 Å². The number of amides is 1. The fourth-order valence-corrected chi connectivity index (χ4v) is 3.88. The van der Waals surface area contributed by atoms with E-state index < -0.39 is 5.41 Å². The first-order chi connectivity index (χ1) is 17.4. The fourth-order valence-electron chi connectivity index (χ4n) is 3.88. The summed E-state index contributed by atoms with van der Waals surface area (Å²) in [6.45, 7) is 5.60. The molecule has 0 fully saturated rings. The lowest BCUT2D eigenvalue weighted by Gasteiger charge is -2.17. The van der Waals surface area contributed by atoms with Crippen molar-refractivity contribution in [3.05, 3.63) is 61.6 Å². The van der Waals surface area contributed by atoms with Gasteiger partial charge in [0.05, 0.1) is 35.3 Å². The summed E-state index contributed by atoms with van der Waals surface area (Å²) in [7, 11) is 0. The van der Waals surface area contributed by atoms with Gasteiger partial charge in [-0.1, -0.05) is 20.8 Å². The Labute approximate surface area is 205 Å². The molecule has 10 nitrogen and oxygen atoms in total. The maximum absolute atomic E-state index is 12.4. The number of aromatic nitrogens is 7. The highest BCUT2D eigenvalue weighted by Crippen LogP contribution is 2.32. The number of fused-ring (bicyclic) bond motifs is 2. The second-order valence-corrected chi connectivity index (χ2v) is 9.51. The molecule has 36 heavy (non-hydrogen) atoms. The van der Waals surface area contributed by atoms with Crippen LogP contribution in [0.3, 0.4) is 0 Å². The molecule has 6 aromatic rings. The van der Waals surface area contributed by atoms with Crippen molar-refractivity contribution in [2.75, 3.05) is 5.32 Å². The highest BCUT2D eigenvalue weighted by Gasteiger charge is 2.22. The monoisotopic (exact) mass is 478 g/mol. The summed E-state index contributed by atoms with van der Waals surface area (Å²) in [4.78, 5) is 33.9. The van der Waals surface area contributed by atoms with Crippen molar-refractivity contribution in [3.8, 4) is 33.9 Å². The smallest absolute Gasteiger partial charge is 0.229 e. The van der Waals surface area contributed by atoms with Gasteiger partial charge in [-0.2, -0.15) is 5.10 Å². The van der Waals surface area contributed by atoms with E-state index in [0.29, 0.717) is 22.9 Å². The first-order valence-corrected chi connectivity index (χ1v) is 11.4. The van der Waals surface area contributed by atoms with Crippen molar-refractivity contribution < 1.29 is 9.21 Å². The topological polar surface area (TPSA) is 138 Å². The van der Waals surface area contributed by atoms with Crippen LogP contribution in [0.1, 0.15) is 20.8 Å². The number of imidazole rings is 1.